The van der Waals surface area contributed by atoms with Gasteiger partial charge in [-0.15, -0.1) is 11.3 Å². The van der Waals surface area contributed by atoms with E-state index in [1.807, 2.05) is 11.7 Å². The molecule has 3 nitrogen and oxygen atoms in total. The van der Waals surface area contributed by atoms with Crippen LogP contribution in [0.3, 0.4) is 0 Å². The van der Waals surface area contributed by atoms with Gasteiger partial charge in [-0.3, -0.25) is 4.98 Å². The number of hydrogen-bond donors (Lipinski definition) is 2. The van der Waals surface area contributed by atoms with Gasteiger partial charge in [-0.05, 0) is 12.3 Å². The molecule has 0 spiro atoms. The van der Waals surface area contributed by atoms with Crippen molar-refractivity contribution in [2.45, 2.75) is 25.3 Å². The van der Waals surface area contributed by atoms with E-state index in [4.69, 9.17) is 10.8 Å². The predicted octanol–water partition coefficient (Wildman–Crippen LogP) is 0.956. The Balaban J connectivity index is 2.44. The number of nitrogens with zero attached hydrogens (tertiary/aromatic N) is 1. The van der Waals surface area contributed by atoms with E-state index in [0.717, 1.165) is 6.42 Å². The lowest BCUT2D eigenvalue weighted by atomic mass is 10.0. The quantitative estimate of drug-likeness (QED) is 0.736. The fourth-order valence-corrected chi connectivity index (χ4v) is 1.81. The summed E-state index contributed by atoms with van der Waals surface area (Å²) in [6.45, 7) is 2.16. The molecule has 0 bridgehead atoms. The van der Waals surface area contributed by atoms with Crippen molar-refractivity contribution in [3.63, 3.8) is 0 Å². The molecule has 68 valence electrons. The fourth-order valence-electron chi connectivity index (χ4n) is 1.11. The predicted molar refractivity (Wildman–Crippen MR) is 50.2 cm³/mol. The average Bonchev–Trinajstić information content (AvgIpc) is 2.56. The minimum Gasteiger partial charge on any atom is -0.395 e. The Kier molecular flexibility index (Phi) is 3.65. The largest absolute Gasteiger partial charge is 0.395 e. The van der Waals surface area contributed by atoms with Gasteiger partial charge in [0.1, 0.15) is 0 Å². The summed E-state index contributed by atoms with van der Waals surface area (Å²) in [7, 11) is 0. The highest BCUT2D eigenvalue weighted by Gasteiger charge is 2.11. The van der Waals surface area contributed by atoms with E-state index in [1.54, 1.807) is 11.3 Å². The summed E-state index contributed by atoms with van der Waals surface area (Å²) in [5.74, 6) is 0.402. The highest BCUT2D eigenvalue weighted by Crippen LogP contribution is 2.22. The van der Waals surface area contributed by atoms with Gasteiger partial charge in [-0.1, -0.05) is 6.92 Å². The maximum absolute atomic E-state index is 8.74. The molecule has 1 heterocycles. The van der Waals surface area contributed by atoms with Gasteiger partial charge in [0.05, 0.1) is 12.1 Å². The Morgan fingerprint density at radius 3 is 3.00 bits per heavy atom. The Morgan fingerprint density at radius 2 is 2.50 bits per heavy atom. The van der Waals surface area contributed by atoms with Crippen LogP contribution in [0, 0.1) is 0 Å². The highest BCUT2D eigenvalue weighted by molar-refractivity contribution is 7.09. The van der Waals surface area contributed by atoms with Gasteiger partial charge in [0.2, 0.25) is 0 Å². The molecule has 3 N–H and O–H groups in total. The molecule has 0 aliphatic heterocycles. The third-order valence-electron chi connectivity index (χ3n) is 1.83. The van der Waals surface area contributed by atoms with Crippen LogP contribution in [0.15, 0.2) is 11.7 Å². The van der Waals surface area contributed by atoms with Crippen molar-refractivity contribution >= 4 is 11.3 Å². The zero-order chi connectivity index (χ0) is 8.97. The highest BCUT2D eigenvalue weighted by atomic mass is 32.1. The van der Waals surface area contributed by atoms with Crippen LogP contribution in [0.5, 0.6) is 0 Å². The Labute approximate surface area is 76.3 Å². The molecular formula is C8H14N2OS. The Bertz CT molecular complexity index is 213. The number of thiazole rings is 1. The molecule has 0 radical (unpaired) electrons. The van der Waals surface area contributed by atoms with Crippen LogP contribution in [-0.2, 0) is 0 Å². The van der Waals surface area contributed by atoms with Crippen molar-refractivity contribution in [1.82, 2.24) is 4.98 Å². The van der Waals surface area contributed by atoms with Gasteiger partial charge < -0.3 is 10.8 Å². The lowest BCUT2D eigenvalue weighted by Crippen LogP contribution is -2.25. The molecule has 0 aliphatic rings. The molecule has 1 aromatic heterocycles. The molecule has 1 aromatic rings. The van der Waals surface area contributed by atoms with Crippen molar-refractivity contribution in [3.8, 4) is 0 Å². The van der Waals surface area contributed by atoms with Gasteiger partial charge in [-0.2, -0.15) is 0 Å². The molecule has 12 heavy (non-hydrogen) atoms. The van der Waals surface area contributed by atoms with Crippen LogP contribution in [0.25, 0.3) is 0 Å². The Hall–Kier alpha value is -0.450. The van der Waals surface area contributed by atoms with E-state index in [0.29, 0.717) is 5.92 Å². The lowest BCUT2D eigenvalue weighted by molar-refractivity contribution is 0.255. The molecule has 0 aliphatic carbocycles. The van der Waals surface area contributed by atoms with Crippen LogP contribution < -0.4 is 5.73 Å². The summed E-state index contributed by atoms with van der Waals surface area (Å²) in [4.78, 5) is 5.23. The molecule has 4 heteroatoms. The lowest BCUT2D eigenvalue weighted by Gasteiger charge is -2.12. The summed E-state index contributed by atoms with van der Waals surface area (Å²) in [5.41, 5.74) is 7.43. The standard InChI is InChI=1S/C8H14N2OS/c1-6(2-7(9)4-11)8-3-10-5-12-8/h3,5-7,11H,2,4,9H2,1H3/t6?,7-/m0/s1. The SMILES string of the molecule is CC(C[C@H](N)CO)c1cncs1. The van der Waals surface area contributed by atoms with E-state index in [2.05, 4.69) is 11.9 Å². The maximum Gasteiger partial charge on any atom is 0.0794 e. The topological polar surface area (TPSA) is 59.1 Å². The zero-order valence-corrected chi connectivity index (χ0v) is 7.92. The molecular weight excluding hydrogens is 172 g/mol. The minimum atomic E-state index is -0.109. The summed E-state index contributed by atoms with van der Waals surface area (Å²) in [6, 6.07) is -0.109. The maximum atomic E-state index is 8.74. The molecule has 0 fully saturated rings. The van der Waals surface area contributed by atoms with Gasteiger partial charge in [0, 0.05) is 17.1 Å². The summed E-state index contributed by atoms with van der Waals surface area (Å²) in [5, 5.41) is 8.74. The van der Waals surface area contributed by atoms with Gasteiger partial charge >= 0.3 is 0 Å². The van der Waals surface area contributed by atoms with Crippen LogP contribution in [-0.4, -0.2) is 22.7 Å². The number of hydrogen-bond acceptors (Lipinski definition) is 4. The van der Waals surface area contributed by atoms with E-state index in [9.17, 15) is 0 Å². The molecule has 1 rings (SSSR count). The fraction of sp³-hybridized carbons (Fsp3) is 0.625. The normalized spacial score (nSPS) is 15.9. The minimum absolute atomic E-state index is 0.0587. The number of aliphatic hydroxyl groups is 1. The van der Waals surface area contributed by atoms with Gasteiger partial charge in [-0.25, -0.2) is 0 Å². The number of nitrogens with two attached hydrogens (primary N) is 1. The Morgan fingerprint density at radius 1 is 1.75 bits per heavy atom. The molecule has 0 amide bonds. The van der Waals surface area contributed by atoms with Crippen molar-refractivity contribution < 1.29 is 5.11 Å². The summed E-state index contributed by atoms with van der Waals surface area (Å²) < 4.78 is 0. The van der Waals surface area contributed by atoms with Gasteiger partial charge in [0.15, 0.2) is 0 Å². The molecule has 0 aromatic carbocycles. The second kappa shape index (κ2) is 4.54. The first-order valence-corrected chi connectivity index (χ1v) is 4.86. The van der Waals surface area contributed by atoms with Crippen molar-refractivity contribution in [2.75, 3.05) is 6.61 Å². The van der Waals surface area contributed by atoms with Crippen LogP contribution in [0.4, 0.5) is 0 Å². The molecule has 0 saturated carbocycles. The number of aliphatic hydroxyl groups excluding tert-OH is 1. The first-order valence-electron chi connectivity index (χ1n) is 3.99. The number of aromatic nitrogens is 1. The number of rotatable bonds is 4. The second-order valence-electron chi connectivity index (χ2n) is 2.98. The smallest absolute Gasteiger partial charge is 0.0794 e. The second-order valence-corrected chi connectivity index (χ2v) is 3.90. The van der Waals surface area contributed by atoms with E-state index < -0.39 is 0 Å². The van der Waals surface area contributed by atoms with E-state index in [1.165, 1.54) is 4.88 Å². The van der Waals surface area contributed by atoms with Crippen LogP contribution in [0.2, 0.25) is 0 Å². The van der Waals surface area contributed by atoms with E-state index in [-0.39, 0.29) is 12.6 Å². The van der Waals surface area contributed by atoms with Gasteiger partial charge in [0.25, 0.3) is 0 Å². The zero-order valence-electron chi connectivity index (χ0n) is 7.10. The van der Waals surface area contributed by atoms with E-state index >= 15 is 0 Å². The van der Waals surface area contributed by atoms with Crippen molar-refractivity contribution in [2.24, 2.45) is 5.73 Å². The first kappa shape index (κ1) is 9.64. The van der Waals surface area contributed by atoms with Crippen molar-refractivity contribution in [3.05, 3.63) is 16.6 Å². The third kappa shape index (κ3) is 2.55. The average molecular weight is 186 g/mol. The molecule has 0 saturated heterocycles. The first-order chi connectivity index (χ1) is 5.74. The van der Waals surface area contributed by atoms with Crippen molar-refractivity contribution in [1.29, 1.82) is 0 Å². The summed E-state index contributed by atoms with van der Waals surface area (Å²) in [6.07, 6.45) is 2.68. The summed E-state index contributed by atoms with van der Waals surface area (Å²) >= 11 is 1.64. The van der Waals surface area contributed by atoms with Crippen LogP contribution in [0.1, 0.15) is 24.1 Å². The third-order valence-corrected chi connectivity index (χ3v) is 2.84. The molecule has 1 unspecified atom stereocenters. The monoisotopic (exact) mass is 186 g/mol. The van der Waals surface area contributed by atoms with Crippen LogP contribution >= 0.6 is 11.3 Å². The molecule has 2 atom stereocenters.